The van der Waals surface area contributed by atoms with Crippen LogP contribution in [0.15, 0.2) is 18.3 Å². The van der Waals surface area contributed by atoms with Crippen molar-refractivity contribution in [1.82, 2.24) is 4.98 Å². The third-order valence-corrected chi connectivity index (χ3v) is 3.05. The lowest BCUT2D eigenvalue weighted by Crippen LogP contribution is -2.46. The Labute approximate surface area is 86.0 Å². The summed E-state index contributed by atoms with van der Waals surface area (Å²) in [6, 6.07) is 5.01. The molecule has 1 atom stereocenters. The van der Waals surface area contributed by atoms with Crippen molar-refractivity contribution in [3.8, 4) is 0 Å². The zero-order valence-electron chi connectivity index (χ0n) is 9.20. The van der Waals surface area contributed by atoms with Crippen LogP contribution in [0, 0.1) is 0 Å². The van der Waals surface area contributed by atoms with Crippen LogP contribution < -0.4 is 4.90 Å². The van der Waals surface area contributed by atoms with Gasteiger partial charge < -0.3 is 4.90 Å². The minimum absolute atomic E-state index is 0.574. The largest absolute Gasteiger partial charge is 0.354 e. The van der Waals surface area contributed by atoms with Crippen LogP contribution in [0.5, 0.6) is 0 Å². The van der Waals surface area contributed by atoms with Crippen molar-refractivity contribution < 1.29 is 0 Å². The van der Waals surface area contributed by atoms with E-state index in [1.165, 1.54) is 12.0 Å². The summed E-state index contributed by atoms with van der Waals surface area (Å²) in [6.45, 7) is 7.81. The smallest absolute Gasteiger partial charge is 0.128 e. The van der Waals surface area contributed by atoms with Gasteiger partial charge in [-0.3, -0.25) is 0 Å². The Morgan fingerprint density at radius 2 is 2.21 bits per heavy atom. The zero-order valence-corrected chi connectivity index (χ0v) is 9.20. The molecule has 1 saturated heterocycles. The molecule has 1 unspecified atom stereocenters. The highest BCUT2D eigenvalue weighted by Crippen LogP contribution is 2.25. The van der Waals surface area contributed by atoms with Gasteiger partial charge in [-0.25, -0.2) is 4.98 Å². The zero-order chi connectivity index (χ0) is 10.1. The summed E-state index contributed by atoms with van der Waals surface area (Å²) in [5.41, 5.74) is 1.32. The molecule has 0 aliphatic carbocycles. The van der Waals surface area contributed by atoms with Gasteiger partial charge in [0, 0.05) is 18.8 Å². The lowest BCUT2D eigenvalue weighted by atomic mass is 10.0. The van der Waals surface area contributed by atoms with Gasteiger partial charge in [0.05, 0.1) is 0 Å². The van der Waals surface area contributed by atoms with Gasteiger partial charge in [-0.2, -0.15) is 0 Å². The van der Waals surface area contributed by atoms with Gasteiger partial charge in [0.25, 0.3) is 0 Å². The van der Waals surface area contributed by atoms with Crippen LogP contribution in [0.25, 0.3) is 0 Å². The molecule has 2 heteroatoms. The fraction of sp³-hybridized carbons (Fsp3) is 0.583. The Morgan fingerprint density at radius 3 is 2.57 bits per heavy atom. The van der Waals surface area contributed by atoms with Crippen LogP contribution in [0.2, 0.25) is 0 Å². The van der Waals surface area contributed by atoms with Crippen molar-refractivity contribution in [2.45, 2.75) is 39.2 Å². The first-order chi connectivity index (χ1) is 6.68. The SMILES string of the molecule is CC(C)c1ccc(N2CCC2C)nc1. The molecule has 0 saturated carbocycles. The maximum Gasteiger partial charge on any atom is 0.128 e. The number of aromatic nitrogens is 1. The standard InChI is InChI=1S/C12H18N2/c1-9(2)11-4-5-12(13-8-11)14-7-6-10(14)3/h4-5,8-10H,6-7H2,1-3H3. The molecule has 1 fully saturated rings. The Balaban J connectivity index is 2.13. The highest BCUT2D eigenvalue weighted by molar-refractivity contribution is 5.43. The Hall–Kier alpha value is -1.05. The molecule has 76 valence electrons. The number of hydrogen-bond donors (Lipinski definition) is 0. The summed E-state index contributed by atoms with van der Waals surface area (Å²) in [7, 11) is 0. The van der Waals surface area contributed by atoms with Crippen LogP contribution >= 0.6 is 0 Å². The molecule has 2 nitrogen and oxygen atoms in total. The average Bonchev–Trinajstić information content (AvgIpc) is 2.16. The summed E-state index contributed by atoms with van der Waals surface area (Å²) in [5, 5.41) is 0. The molecular formula is C12H18N2. The molecule has 1 aromatic heterocycles. The van der Waals surface area contributed by atoms with Crippen molar-refractivity contribution in [2.75, 3.05) is 11.4 Å². The molecule has 1 aliphatic heterocycles. The van der Waals surface area contributed by atoms with Gasteiger partial charge in [0.1, 0.15) is 5.82 Å². The molecule has 0 aromatic carbocycles. The molecule has 1 aromatic rings. The van der Waals surface area contributed by atoms with Gasteiger partial charge in [-0.15, -0.1) is 0 Å². The van der Waals surface area contributed by atoms with E-state index in [1.807, 2.05) is 6.20 Å². The molecule has 1 aliphatic rings. The lowest BCUT2D eigenvalue weighted by Gasteiger charge is -2.39. The number of anilines is 1. The topological polar surface area (TPSA) is 16.1 Å². The Bertz CT molecular complexity index is 303. The monoisotopic (exact) mass is 190 g/mol. The highest BCUT2D eigenvalue weighted by atomic mass is 15.3. The van der Waals surface area contributed by atoms with Crippen LogP contribution in [0.3, 0.4) is 0 Å². The van der Waals surface area contributed by atoms with Crippen LogP contribution in [0.4, 0.5) is 5.82 Å². The van der Waals surface area contributed by atoms with E-state index in [9.17, 15) is 0 Å². The van der Waals surface area contributed by atoms with E-state index in [0.29, 0.717) is 12.0 Å². The minimum atomic E-state index is 0.574. The van der Waals surface area contributed by atoms with E-state index in [-0.39, 0.29) is 0 Å². The summed E-state index contributed by atoms with van der Waals surface area (Å²) < 4.78 is 0. The molecule has 0 bridgehead atoms. The second kappa shape index (κ2) is 3.60. The first-order valence-corrected chi connectivity index (χ1v) is 5.41. The molecule has 0 N–H and O–H groups in total. The Morgan fingerprint density at radius 1 is 1.43 bits per heavy atom. The maximum atomic E-state index is 4.50. The van der Waals surface area contributed by atoms with E-state index in [1.54, 1.807) is 0 Å². The summed E-state index contributed by atoms with van der Waals surface area (Å²) in [4.78, 5) is 6.85. The van der Waals surface area contributed by atoms with Crippen LogP contribution in [-0.4, -0.2) is 17.6 Å². The van der Waals surface area contributed by atoms with Gasteiger partial charge in [-0.05, 0) is 30.9 Å². The predicted molar refractivity (Wildman–Crippen MR) is 59.8 cm³/mol. The molecule has 0 radical (unpaired) electrons. The number of pyridine rings is 1. The highest BCUT2D eigenvalue weighted by Gasteiger charge is 2.24. The first-order valence-electron chi connectivity index (χ1n) is 5.41. The van der Waals surface area contributed by atoms with Gasteiger partial charge in [0.2, 0.25) is 0 Å². The van der Waals surface area contributed by atoms with Crippen molar-refractivity contribution in [3.05, 3.63) is 23.9 Å². The van der Waals surface area contributed by atoms with Crippen LogP contribution in [0.1, 0.15) is 38.7 Å². The van der Waals surface area contributed by atoms with Crippen molar-refractivity contribution >= 4 is 5.82 Å². The number of rotatable bonds is 2. The Kier molecular flexibility index (Phi) is 2.44. The maximum absolute atomic E-state index is 4.50. The summed E-state index contributed by atoms with van der Waals surface area (Å²) in [6.07, 6.45) is 3.30. The molecule has 0 amide bonds. The second-order valence-corrected chi connectivity index (χ2v) is 4.44. The van der Waals surface area contributed by atoms with E-state index < -0.39 is 0 Å². The van der Waals surface area contributed by atoms with Crippen LogP contribution in [-0.2, 0) is 0 Å². The van der Waals surface area contributed by atoms with Gasteiger partial charge >= 0.3 is 0 Å². The molecule has 14 heavy (non-hydrogen) atoms. The fourth-order valence-electron chi connectivity index (χ4n) is 1.77. The normalized spacial score (nSPS) is 21.1. The quantitative estimate of drug-likeness (QED) is 0.713. The third kappa shape index (κ3) is 1.61. The number of hydrogen-bond acceptors (Lipinski definition) is 2. The molecule has 2 rings (SSSR count). The predicted octanol–water partition coefficient (Wildman–Crippen LogP) is 2.80. The molecule has 2 heterocycles. The minimum Gasteiger partial charge on any atom is -0.354 e. The van der Waals surface area contributed by atoms with E-state index in [4.69, 9.17) is 0 Å². The van der Waals surface area contributed by atoms with E-state index in [0.717, 1.165) is 12.4 Å². The second-order valence-electron chi connectivity index (χ2n) is 4.44. The fourth-order valence-corrected chi connectivity index (χ4v) is 1.77. The lowest BCUT2D eigenvalue weighted by molar-refractivity contribution is 0.476. The molecular weight excluding hydrogens is 172 g/mol. The van der Waals surface area contributed by atoms with Gasteiger partial charge in [0.15, 0.2) is 0 Å². The molecule has 0 spiro atoms. The third-order valence-electron chi connectivity index (χ3n) is 3.05. The van der Waals surface area contributed by atoms with E-state index in [2.05, 4.69) is 42.8 Å². The first kappa shape index (κ1) is 9.50. The average molecular weight is 190 g/mol. The van der Waals surface area contributed by atoms with Crippen molar-refractivity contribution in [3.63, 3.8) is 0 Å². The summed E-state index contributed by atoms with van der Waals surface area (Å²) in [5.74, 6) is 1.71. The summed E-state index contributed by atoms with van der Waals surface area (Å²) >= 11 is 0. The van der Waals surface area contributed by atoms with Gasteiger partial charge in [-0.1, -0.05) is 19.9 Å². The van der Waals surface area contributed by atoms with Crippen molar-refractivity contribution in [2.24, 2.45) is 0 Å². The van der Waals surface area contributed by atoms with E-state index >= 15 is 0 Å². The number of nitrogens with zero attached hydrogens (tertiary/aromatic N) is 2. The van der Waals surface area contributed by atoms with Crippen molar-refractivity contribution in [1.29, 1.82) is 0 Å².